The van der Waals surface area contributed by atoms with Gasteiger partial charge in [-0.1, -0.05) is 6.07 Å². The topological polar surface area (TPSA) is 88.6 Å². The normalized spacial score (nSPS) is 11.1. The van der Waals surface area contributed by atoms with Crippen LogP contribution in [0.2, 0.25) is 0 Å². The molecular weight excluding hydrogens is 459 g/mol. The highest BCUT2D eigenvalue weighted by molar-refractivity contribution is 7.14. The van der Waals surface area contributed by atoms with Gasteiger partial charge in [0.25, 0.3) is 0 Å². The SMILES string of the molecule is CC(=O)Nc1ccc(C(=O)OCc2csc(N(C(C)=O)c3cccc(C(F)(F)F)c3)n2)cc1. The van der Waals surface area contributed by atoms with Gasteiger partial charge in [0, 0.05) is 24.9 Å². The summed E-state index contributed by atoms with van der Waals surface area (Å²) in [4.78, 5) is 40.8. The second kappa shape index (κ2) is 9.82. The van der Waals surface area contributed by atoms with Gasteiger partial charge in [-0.3, -0.25) is 14.5 Å². The lowest BCUT2D eigenvalue weighted by atomic mass is 10.2. The van der Waals surface area contributed by atoms with Crippen LogP contribution in [0.5, 0.6) is 0 Å². The zero-order valence-electron chi connectivity index (χ0n) is 17.5. The first-order valence-electron chi connectivity index (χ1n) is 9.51. The Bertz CT molecular complexity index is 1180. The number of carbonyl (C=O) groups is 3. The third-order valence-corrected chi connectivity index (χ3v) is 5.14. The summed E-state index contributed by atoms with van der Waals surface area (Å²) < 4.78 is 44.4. The maximum Gasteiger partial charge on any atom is 0.416 e. The molecule has 0 spiro atoms. The van der Waals surface area contributed by atoms with Crippen LogP contribution in [0.25, 0.3) is 0 Å². The van der Waals surface area contributed by atoms with Gasteiger partial charge in [0.15, 0.2) is 5.13 Å². The molecule has 0 aliphatic rings. The molecule has 0 saturated carbocycles. The summed E-state index contributed by atoms with van der Waals surface area (Å²) in [6.45, 7) is 2.38. The first-order chi connectivity index (χ1) is 15.5. The number of benzene rings is 2. The van der Waals surface area contributed by atoms with Crippen molar-refractivity contribution in [3.05, 3.63) is 70.7 Å². The average Bonchev–Trinajstić information content (AvgIpc) is 3.20. The van der Waals surface area contributed by atoms with Crippen LogP contribution in [-0.2, 0) is 27.1 Å². The van der Waals surface area contributed by atoms with Crippen LogP contribution < -0.4 is 10.2 Å². The lowest BCUT2D eigenvalue weighted by Crippen LogP contribution is -2.23. The van der Waals surface area contributed by atoms with Crippen LogP contribution in [0.3, 0.4) is 0 Å². The second-order valence-electron chi connectivity index (χ2n) is 6.86. The van der Waals surface area contributed by atoms with Crippen molar-refractivity contribution in [1.82, 2.24) is 4.98 Å². The maximum absolute atomic E-state index is 13.0. The number of esters is 1. The minimum Gasteiger partial charge on any atom is -0.456 e. The highest BCUT2D eigenvalue weighted by atomic mass is 32.1. The number of nitrogens with zero attached hydrogens (tertiary/aromatic N) is 2. The molecule has 0 bridgehead atoms. The van der Waals surface area contributed by atoms with Gasteiger partial charge in [-0.2, -0.15) is 13.2 Å². The molecule has 7 nitrogen and oxygen atoms in total. The molecule has 3 aromatic rings. The van der Waals surface area contributed by atoms with E-state index >= 15 is 0 Å². The zero-order chi connectivity index (χ0) is 24.2. The number of thiazole rings is 1. The molecule has 2 aromatic carbocycles. The van der Waals surface area contributed by atoms with E-state index in [2.05, 4.69) is 10.3 Å². The molecule has 0 atom stereocenters. The average molecular weight is 477 g/mol. The van der Waals surface area contributed by atoms with Crippen LogP contribution >= 0.6 is 11.3 Å². The number of anilines is 3. The van der Waals surface area contributed by atoms with E-state index in [0.717, 1.165) is 28.4 Å². The van der Waals surface area contributed by atoms with E-state index in [1.165, 1.54) is 38.1 Å². The van der Waals surface area contributed by atoms with Crippen molar-refractivity contribution >= 4 is 45.6 Å². The largest absolute Gasteiger partial charge is 0.456 e. The van der Waals surface area contributed by atoms with E-state index in [1.54, 1.807) is 17.5 Å². The van der Waals surface area contributed by atoms with E-state index in [9.17, 15) is 27.6 Å². The Balaban J connectivity index is 1.71. The number of alkyl halides is 3. The molecule has 0 radical (unpaired) electrons. The number of halogens is 3. The minimum atomic E-state index is -4.55. The summed E-state index contributed by atoms with van der Waals surface area (Å²) in [7, 11) is 0. The molecule has 1 N–H and O–H groups in total. The van der Waals surface area contributed by atoms with Crippen molar-refractivity contribution in [3.63, 3.8) is 0 Å². The van der Waals surface area contributed by atoms with Gasteiger partial charge in [-0.25, -0.2) is 9.78 Å². The lowest BCUT2D eigenvalue weighted by Gasteiger charge is -2.19. The molecule has 0 fully saturated rings. The first-order valence-corrected chi connectivity index (χ1v) is 10.4. The minimum absolute atomic E-state index is 0.0227. The van der Waals surface area contributed by atoms with Crippen LogP contribution in [-0.4, -0.2) is 22.8 Å². The fourth-order valence-electron chi connectivity index (χ4n) is 2.83. The Morgan fingerprint density at radius 2 is 1.79 bits per heavy atom. The number of aromatic nitrogens is 1. The highest BCUT2D eigenvalue weighted by Gasteiger charge is 2.31. The number of nitrogens with one attached hydrogen (secondary N) is 1. The summed E-state index contributed by atoms with van der Waals surface area (Å²) in [5, 5.41) is 4.28. The molecule has 2 amide bonds. The summed E-state index contributed by atoms with van der Waals surface area (Å²) >= 11 is 1.03. The summed E-state index contributed by atoms with van der Waals surface area (Å²) in [5.41, 5.74) is 0.253. The molecule has 11 heteroatoms. The molecule has 0 unspecified atom stereocenters. The smallest absolute Gasteiger partial charge is 0.416 e. The quantitative estimate of drug-likeness (QED) is 0.496. The standard InChI is InChI=1S/C22H18F3N3O4S/c1-13(29)26-17-8-6-15(7-9-17)20(31)32-11-18-12-33-21(27-18)28(14(2)30)19-5-3-4-16(10-19)22(23,24)25/h3-10,12H,11H2,1-2H3,(H,26,29). The molecular formula is C22H18F3N3O4S. The predicted octanol–water partition coefficient (Wildman–Crippen LogP) is 5.16. The Hall–Kier alpha value is -3.73. The lowest BCUT2D eigenvalue weighted by molar-refractivity contribution is -0.137. The van der Waals surface area contributed by atoms with Gasteiger partial charge in [0.1, 0.15) is 6.61 Å². The van der Waals surface area contributed by atoms with Gasteiger partial charge < -0.3 is 10.1 Å². The molecule has 0 saturated heterocycles. The molecule has 1 heterocycles. The monoisotopic (exact) mass is 477 g/mol. The Labute approximate surface area is 190 Å². The van der Waals surface area contributed by atoms with Crippen molar-refractivity contribution in [2.24, 2.45) is 0 Å². The maximum atomic E-state index is 13.0. The van der Waals surface area contributed by atoms with E-state index in [-0.39, 0.29) is 28.9 Å². The Morgan fingerprint density at radius 3 is 2.39 bits per heavy atom. The summed E-state index contributed by atoms with van der Waals surface area (Å²) in [6, 6.07) is 10.5. The number of ether oxygens (including phenoxy) is 1. The first kappa shape index (κ1) is 23.9. The van der Waals surface area contributed by atoms with Gasteiger partial charge in [-0.05, 0) is 42.5 Å². The van der Waals surface area contributed by atoms with Crippen LogP contribution in [0.1, 0.15) is 35.5 Å². The number of hydrogen-bond donors (Lipinski definition) is 1. The van der Waals surface area contributed by atoms with Gasteiger partial charge in [0.05, 0.1) is 22.5 Å². The van der Waals surface area contributed by atoms with E-state index in [4.69, 9.17) is 4.74 Å². The molecule has 1 aromatic heterocycles. The molecule has 0 aliphatic heterocycles. The second-order valence-corrected chi connectivity index (χ2v) is 7.70. The van der Waals surface area contributed by atoms with Crippen LogP contribution in [0, 0.1) is 0 Å². The fourth-order valence-corrected chi connectivity index (χ4v) is 3.70. The van der Waals surface area contributed by atoms with Crippen molar-refractivity contribution in [1.29, 1.82) is 0 Å². The number of hydrogen-bond acceptors (Lipinski definition) is 6. The molecule has 3 rings (SSSR count). The van der Waals surface area contributed by atoms with Gasteiger partial charge in [0.2, 0.25) is 11.8 Å². The van der Waals surface area contributed by atoms with E-state index < -0.39 is 23.6 Å². The number of carbonyl (C=O) groups excluding carboxylic acids is 3. The zero-order valence-corrected chi connectivity index (χ0v) is 18.3. The Morgan fingerprint density at radius 1 is 1.09 bits per heavy atom. The van der Waals surface area contributed by atoms with Crippen molar-refractivity contribution in [2.75, 3.05) is 10.2 Å². The third-order valence-electron chi connectivity index (χ3n) is 4.27. The van der Waals surface area contributed by atoms with Crippen molar-refractivity contribution < 1.29 is 32.3 Å². The summed E-state index contributed by atoms with van der Waals surface area (Å²) in [5.74, 6) is -1.39. The fraction of sp³-hybridized carbons (Fsp3) is 0.182. The van der Waals surface area contributed by atoms with Crippen LogP contribution in [0.15, 0.2) is 53.9 Å². The molecule has 172 valence electrons. The van der Waals surface area contributed by atoms with E-state index in [1.807, 2.05) is 0 Å². The number of amides is 2. The molecule has 33 heavy (non-hydrogen) atoms. The highest BCUT2D eigenvalue weighted by Crippen LogP contribution is 2.35. The predicted molar refractivity (Wildman–Crippen MR) is 116 cm³/mol. The van der Waals surface area contributed by atoms with E-state index in [0.29, 0.717) is 11.4 Å². The third kappa shape index (κ3) is 6.16. The van der Waals surface area contributed by atoms with Crippen LogP contribution in [0.4, 0.5) is 29.7 Å². The molecule has 0 aliphatic carbocycles. The van der Waals surface area contributed by atoms with Gasteiger partial charge in [-0.15, -0.1) is 11.3 Å². The summed E-state index contributed by atoms with van der Waals surface area (Å²) in [6.07, 6.45) is -4.55. The van der Waals surface area contributed by atoms with Crippen molar-refractivity contribution in [3.8, 4) is 0 Å². The number of rotatable bonds is 6. The Kier molecular flexibility index (Phi) is 7.12. The van der Waals surface area contributed by atoms with Gasteiger partial charge >= 0.3 is 12.1 Å². The van der Waals surface area contributed by atoms with Crippen molar-refractivity contribution in [2.45, 2.75) is 26.6 Å².